The number of carbonyl (C=O) groups excluding carboxylic acids is 1. The van der Waals surface area contributed by atoms with Gasteiger partial charge in [-0.1, -0.05) is 0 Å². The third-order valence-electron chi connectivity index (χ3n) is 3.12. The van der Waals surface area contributed by atoms with Gasteiger partial charge in [-0.2, -0.15) is 5.10 Å². The molecule has 22 heavy (non-hydrogen) atoms. The van der Waals surface area contributed by atoms with Gasteiger partial charge in [-0.15, -0.1) is 0 Å². The molecule has 5 nitrogen and oxygen atoms in total. The lowest BCUT2D eigenvalue weighted by Gasteiger charge is -2.02. The Morgan fingerprint density at radius 2 is 2.00 bits per heavy atom. The maximum atomic E-state index is 12.3. The van der Waals surface area contributed by atoms with Crippen molar-refractivity contribution in [1.29, 1.82) is 0 Å². The molecule has 5 heteroatoms. The van der Waals surface area contributed by atoms with Gasteiger partial charge in [-0.25, -0.2) is 4.68 Å². The number of hydrogen-bond acceptors (Lipinski definition) is 4. The molecule has 0 fully saturated rings. The first-order valence-electron chi connectivity index (χ1n) is 6.72. The number of carbonyl (C=O) groups is 1. The molecule has 2 heterocycles. The average molecular weight is 294 g/mol. The lowest BCUT2D eigenvalue weighted by molar-refractivity contribution is 0.0945. The van der Waals surface area contributed by atoms with Gasteiger partial charge in [0, 0.05) is 11.8 Å². The van der Waals surface area contributed by atoms with E-state index in [0.29, 0.717) is 17.0 Å². The molecular formula is C17H14N2O3. The molecule has 3 rings (SSSR count). The van der Waals surface area contributed by atoms with E-state index in [9.17, 15) is 4.79 Å². The quantitative estimate of drug-likeness (QED) is 0.740. The summed E-state index contributed by atoms with van der Waals surface area (Å²) in [7, 11) is 1.59. The fraction of sp³-hybridized carbons (Fsp3) is 0.0588. The van der Waals surface area contributed by atoms with E-state index in [1.807, 2.05) is 12.1 Å². The highest BCUT2D eigenvalue weighted by molar-refractivity contribution is 5.95. The molecule has 0 saturated carbocycles. The van der Waals surface area contributed by atoms with Crippen molar-refractivity contribution in [3.63, 3.8) is 0 Å². The lowest BCUT2D eigenvalue weighted by atomic mass is 10.2. The van der Waals surface area contributed by atoms with Crippen LogP contribution in [0.3, 0.4) is 0 Å². The van der Waals surface area contributed by atoms with Crippen LogP contribution in [0.5, 0.6) is 5.75 Å². The average Bonchev–Trinajstić information content (AvgIpc) is 3.24. The summed E-state index contributed by atoms with van der Waals surface area (Å²) in [6, 6.07) is 12.3. The molecule has 0 aliphatic rings. The van der Waals surface area contributed by atoms with E-state index < -0.39 is 0 Å². The van der Waals surface area contributed by atoms with Crippen molar-refractivity contribution in [2.24, 2.45) is 0 Å². The Morgan fingerprint density at radius 3 is 2.68 bits per heavy atom. The molecule has 0 spiro atoms. The SMILES string of the molecule is COc1ccc(C(=O)n2ccc(/C=C/c3ccco3)n2)cc1. The summed E-state index contributed by atoms with van der Waals surface area (Å²) in [6.07, 6.45) is 6.82. The Labute approximate surface area is 127 Å². The van der Waals surface area contributed by atoms with E-state index in [4.69, 9.17) is 9.15 Å². The Hall–Kier alpha value is -3.08. The normalized spacial score (nSPS) is 11.0. The minimum atomic E-state index is -0.194. The number of nitrogens with zero attached hydrogens (tertiary/aromatic N) is 2. The maximum absolute atomic E-state index is 12.3. The monoisotopic (exact) mass is 294 g/mol. The van der Waals surface area contributed by atoms with E-state index in [0.717, 1.165) is 5.76 Å². The molecule has 0 aliphatic heterocycles. The highest BCUT2D eigenvalue weighted by Gasteiger charge is 2.09. The molecule has 3 aromatic rings. The number of ether oxygens (including phenoxy) is 1. The van der Waals surface area contributed by atoms with E-state index in [2.05, 4.69) is 5.10 Å². The van der Waals surface area contributed by atoms with E-state index in [1.165, 1.54) is 4.68 Å². The van der Waals surface area contributed by atoms with Gasteiger partial charge in [0.1, 0.15) is 11.5 Å². The van der Waals surface area contributed by atoms with Crippen molar-refractivity contribution in [3.8, 4) is 5.75 Å². The second-order valence-corrected chi connectivity index (χ2v) is 4.57. The van der Waals surface area contributed by atoms with Gasteiger partial charge in [-0.3, -0.25) is 4.79 Å². The fourth-order valence-corrected chi connectivity index (χ4v) is 1.96. The zero-order valence-electron chi connectivity index (χ0n) is 12.0. The number of hydrogen-bond donors (Lipinski definition) is 0. The summed E-state index contributed by atoms with van der Waals surface area (Å²) in [5.41, 5.74) is 1.23. The predicted octanol–water partition coefficient (Wildman–Crippen LogP) is 3.34. The summed E-state index contributed by atoms with van der Waals surface area (Å²) < 4.78 is 11.6. The first-order valence-corrected chi connectivity index (χ1v) is 6.72. The molecule has 0 N–H and O–H groups in total. The standard InChI is InChI=1S/C17H14N2O3/c1-21-15-7-4-13(5-8-15)17(20)19-11-10-14(18-19)6-9-16-3-2-12-22-16/h2-12H,1H3/b9-6+. The van der Waals surface area contributed by atoms with Gasteiger partial charge in [0.25, 0.3) is 5.91 Å². The van der Waals surface area contributed by atoms with Crippen LogP contribution in [0.1, 0.15) is 21.8 Å². The minimum Gasteiger partial charge on any atom is -0.497 e. The highest BCUT2D eigenvalue weighted by Crippen LogP contribution is 2.13. The summed E-state index contributed by atoms with van der Waals surface area (Å²) in [6.45, 7) is 0. The molecule has 0 aliphatic carbocycles. The molecule has 2 aromatic heterocycles. The third kappa shape index (κ3) is 2.98. The van der Waals surface area contributed by atoms with Crippen molar-refractivity contribution in [2.75, 3.05) is 7.11 Å². The van der Waals surface area contributed by atoms with E-state index in [1.54, 1.807) is 62.1 Å². The van der Waals surface area contributed by atoms with Crippen LogP contribution in [0, 0.1) is 0 Å². The first-order chi connectivity index (χ1) is 10.8. The predicted molar refractivity (Wildman–Crippen MR) is 82.6 cm³/mol. The van der Waals surface area contributed by atoms with Crippen LogP contribution in [-0.4, -0.2) is 22.8 Å². The van der Waals surface area contributed by atoms with Crippen LogP contribution in [0.15, 0.2) is 59.3 Å². The van der Waals surface area contributed by atoms with Gasteiger partial charge >= 0.3 is 0 Å². The number of aromatic nitrogens is 2. The van der Waals surface area contributed by atoms with Gasteiger partial charge < -0.3 is 9.15 Å². The molecule has 0 radical (unpaired) electrons. The largest absolute Gasteiger partial charge is 0.497 e. The van der Waals surface area contributed by atoms with Crippen LogP contribution in [-0.2, 0) is 0 Å². The van der Waals surface area contributed by atoms with Crippen molar-refractivity contribution in [3.05, 3.63) is 71.9 Å². The molecule has 0 bridgehead atoms. The van der Waals surface area contributed by atoms with Crippen LogP contribution in [0.4, 0.5) is 0 Å². The number of furan rings is 1. The summed E-state index contributed by atoms with van der Waals surface area (Å²) >= 11 is 0. The molecule has 0 saturated heterocycles. The highest BCUT2D eigenvalue weighted by atomic mass is 16.5. The Balaban J connectivity index is 1.76. The zero-order chi connectivity index (χ0) is 15.4. The zero-order valence-corrected chi connectivity index (χ0v) is 12.0. The van der Waals surface area contributed by atoms with E-state index in [-0.39, 0.29) is 5.91 Å². The van der Waals surface area contributed by atoms with Crippen molar-refractivity contribution in [1.82, 2.24) is 9.78 Å². The number of rotatable bonds is 4. The summed E-state index contributed by atoms with van der Waals surface area (Å²) in [5.74, 6) is 1.25. The smallest absolute Gasteiger partial charge is 0.278 e. The minimum absolute atomic E-state index is 0.194. The number of methoxy groups -OCH3 is 1. The molecule has 0 unspecified atom stereocenters. The molecular weight excluding hydrogens is 280 g/mol. The summed E-state index contributed by atoms with van der Waals surface area (Å²) in [5, 5.41) is 4.24. The van der Waals surface area contributed by atoms with Gasteiger partial charge in [0.15, 0.2) is 0 Å². The second-order valence-electron chi connectivity index (χ2n) is 4.57. The summed E-state index contributed by atoms with van der Waals surface area (Å²) in [4.78, 5) is 12.3. The fourth-order valence-electron chi connectivity index (χ4n) is 1.96. The van der Waals surface area contributed by atoms with Crippen LogP contribution >= 0.6 is 0 Å². The van der Waals surface area contributed by atoms with E-state index >= 15 is 0 Å². The second kappa shape index (κ2) is 6.13. The Morgan fingerprint density at radius 1 is 1.18 bits per heavy atom. The van der Waals surface area contributed by atoms with Crippen molar-refractivity contribution in [2.45, 2.75) is 0 Å². The lowest BCUT2D eigenvalue weighted by Crippen LogP contribution is -2.12. The van der Waals surface area contributed by atoms with Crippen molar-refractivity contribution < 1.29 is 13.9 Å². The molecule has 110 valence electrons. The van der Waals surface area contributed by atoms with Crippen LogP contribution in [0.2, 0.25) is 0 Å². The van der Waals surface area contributed by atoms with Crippen molar-refractivity contribution >= 4 is 18.1 Å². The number of benzene rings is 1. The van der Waals surface area contributed by atoms with Gasteiger partial charge in [-0.05, 0) is 54.6 Å². The molecule has 0 atom stereocenters. The topological polar surface area (TPSA) is 57.3 Å². The Bertz CT molecular complexity index is 784. The Kier molecular flexibility index (Phi) is 3.87. The maximum Gasteiger partial charge on any atom is 0.278 e. The van der Waals surface area contributed by atoms with Gasteiger partial charge in [0.05, 0.1) is 19.1 Å². The molecule has 0 amide bonds. The van der Waals surface area contributed by atoms with Crippen LogP contribution in [0.25, 0.3) is 12.2 Å². The van der Waals surface area contributed by atoms with Crippen LogP contribution < -0.4 is 4.74 Å². The van der Waals surface area contributed by atoms with Gasteiger partial charge in [0.2, 0.25) is 0 Å². The first kappa shape index (κ1) is 13.9. The third-order valence-corrected chi connectivity index (χ3v) is 3.12. The molecule has 1 aromatic carbocycles.